The average molecular weight is 500 g/mol. The molecule has 1 fully saturated rings. The molecule has 0 atom stereocenters. The highest BCUT2D eigenvalue weighted by atomic mass is 32.1. The summed E-state index contributed by atoms with van der Waals surface area (Å²) in [7, 11) is 1.60. The largest absolute Gasteiger partial charge is 0.495 e. The third-order valence-electron chi connectivity index (χ3n) is 6.02. The molecular weight excluding hydrogens is 470 g/mol. The summed E-state index contributed by atoms with van der Waals surface area (Å²) in [5, 5.41) is 4.95. The molecule has 1 aliphatic carbocycles. The molecule has 9 heteroatoms. The first-order valence-corrected chi connectivity index (χ1v) is 13.2. The van der Waals surface area contributed by atoms with Crippen LogP contribution in [0, 0.1) is 6.92 Å². The van der Waals surface area contributed by atoms with Gasteiger partial charge in [0.25, 0.3) is 0 Å². The van der Waals surface area contributed by atoms with Gasteiger partial charge in [-0.1, -0.05) is 0 Å². The number of rotatable bonds is 11. The Morgan fingerprint density at radius 1 is 1.24 bits per heavy atom. The van der Waals surface area contributed by atoms with E-state index in [-0.39, 0.29) is 5.91 Å². The number of methoxy groups -OCH3 is 1. The van der Waals surface area contributed by atoms with Gasteiger partial charge in [-0.05, 0) is 74.1 Å². The lowest BCUT2D eigenvalue weighted by atomic mass is 9.99. The fraction of sp³-hybridized carbons (Fsp3) is 0.440. The molecule has 0 radical (unpaired) electrons. The molecule has 3 aromatic heterocycles. The van der Waals surface area contributed by atoms with Crippen LogP contribution in [-0.4, -0.2) is 47.0 Å². The number of amides is 1. The van der Waals surface area contributed by atoms with Crippen molar-refractivity contribution in [2.75, 3.05) is 20.3 Å². The standard InChI is InChI=1S/C25H29N3O4S2/c1-4-32-23(29)22-17(2)34-21(27-22)15-28(12-5-6-18-9-13-33-16-18)24(30)25(10-11-25)20-8-7-19(31-3)14-26-20/h7-9,13-14,16H,4-6,10-12,15H2,1-3H3. The summed E-state index contributed by atoms with van der Waals surface area (Å²) in [6.45, 7) is 4.91. The molecule has 1 amide bonds. The number of ether oxygens (including phenoxy) is 2. The van der Waals surface area contributed by atoms with Crippen LogP contribution in [0.1, 0.15) is 57.8 Å². The van der Waals surface area contributed by atoms with Crippen LogP contribution in [0.2, 0.25) is 0 Å². The molecule has 1 saturated carbocycles. The Bertz CT molecular complexity index is 1120. The number of aromatic nitrogens is 2. The van der Waals surface area contributed by atoms with Gasteiger partial charge in [0.05, 0.1) is 37.6 Å². The lowest BCUT2D eigenvalue weighted by molar-refractivity contribution is -0.134. The minimum Gasteiger partial charge on any atom is -0.495 e. The van der Waals surface area contributed by atoms with Crippen molar-refractivity contribution >= 4 is 34.6 Å². The molecule has 0 aromatic carbocycles. The van der Waals surface area contributed by atoms with Crippen LogP contribution in [0.25, 0.3) is 0 Å². The summed E-state index contributed by atoms with van der Waals surface area (Å²) in [5.74, 6) is 0.323. The molecule has 3 heterocycles. The maximum absolute atomic E-state index is 13.8. The maximum Gasteiger partial charge on any atom is 0.358 e. The van der Waals surface area contributed by atoms with Gasteiger partial charge in [0.2, 0.25) is 5.91 Å². The predicted molar refractivity (Wildman–Crippen MR) is 133 cm³/mol. The van der Waals surface area contributed by atoms with Crippen LogP contribution < -0.4 is 4.74 Å². The van der Waals surface area contributed by atoms with Gasteiger partial charge in [-0.25, -0.2) is 9.78 Å². The van der Waals surface area contributed by atoms with E-state index in [0.717, 1.165) is 41.3 Å². The zero-order valence-corrected chi connectivity index (χ0v) is 21.3. The second kappa shape index (κ2) is 10.7. The van der Waals surface area contributed by atoms with Gasteiger partial charge < -0.3 is 14.4 Å². The molecule has 0 unspecified atom stereocenters. The first-order chi connectivity index (χ1) is 16.5. The van der Waals surface area contributed by atoms with Crippen LogP contribution in [-0.2, 0) is 27.9 Å². The zero-order chi connectivity index (χ0) is 24.1. The molecule has 34 heavy (non-hydrogen) atoms. The average Bonchev–Trinajstić information content (AvgIpc) is 3.32. The normalized spacial score (nSPS) is 14.0. The van der Waals surface area contributed by atoms with Crippen LogP contribution in [0.4, 0.5) is 0 Å². The number of esters is 1. The van der Waals surface area contributed by atoms with Gasteiger partial charge in [0.1, 0.15) is 10.8 Å². The lowest BCUT2D eigenvalue weighted by Crippen LogP contribution is -2.40. The Labute approximate surface area is 207 Å². The molecule has 0 N–H and O–H groups in total. The Kier molecular flexibility index (Phi) is 7.63. The Balaban J connectivity index is 1.54. The number of carbonyl (C=O) groups is 2. The van der Waals surface area contributed by atoms with Crippen molar-refractivity contribution in [3.05, 3.63) is 62.0 Å². The van der Waals surface area contributed by atoms with Crippen molar-refractivity contribution in [2.24, 2.45) is 0 Å². The van der Waals surface area contributed by atoms with Crippen LogP contribution in [0.5, 0.6) is 5.75 Å². The molecular formula is C25H29N3O4S2. The SMILES string of the molecule is CCOC(=O)c1nc(CN(CCCc2ccsc2)C(=O)C2(c3ccc(OC)cn3)CC2)sc1C. The molecule has 0 saturated heterocycles. The van der Waals surface area contributed by atoms with Crippen LogP contribution in [0.3, 0.4) is 0 Å². The van der Waals surface area contributed by atoms with Crippen LogP contribution >= 0.6 is 22.7 Å². The molecule has 0 aliphatic heterocycles. The number of nitrogens with zero attached hydrogens (tertiary/aromatic N) is 3. The molecule has 7 nitrogen and oxygen atoms in total. The molecule has 180 valence electrons. The Hall–Kier alpha value is -2.78. The van der Waals surface area contributed by atoms with Crippen molar-refractivity contribution in [3.8, 4) is 5.75 Å². The molecule has 0 bridgehead atoms. The predicted octanol–water partition coefficient (Wildman–Crippen LogP) is 4.79. The summed E-state index contributed by atoms with van der Waals surface area (Å²) in [6, 6.07) is 5.86. The number of thiazole rings is 1. The lowest BCUT2D eigenvalue weighted by Gasteiger charge is -2.26. The topological polar surface area (TPSA) is 81.6 Å². The summed E-state index contributed by atoms with van der Waals surface area (Å²) >= 11 is 3.12. The summed E-state index contributed by atoms with van der Waals surface area (Å²) in [6.07, 6.45) is 4.98. The minimum atomic E-state index is -0.592. The summed E-state index contributed by atoms with van der Waals surface area (Å²) < 4.78 is 10.4. The maximum atomic E-state index is 13.8. The molecule has 1 aliphatic rings. The first kappa shape index (κ1) is 24.3. The van der Waals surface area contributed by atoms with Crippen molar-refractivity contribution in [1.29, 1.82) is 0 Å². The highest BCUT2D eigenvalue weighted by Gasteiger charge is 2.54. The van der Waals surface area contributed by atoms with E-state index in [1.165, 1.54) is 16.9 Å². The summed E-state index contributed by atoms with van der Waals surface area (Å²) in [5.41, 5.74) is 1.81. The molecule has 0 spiro atoms. The smallest absolute Gasteiger partial charge is 0.358 e. The van der Waals surface area contributed by atoms with Gasteiger partial charge in [-0.3, -0.25) is 9.78 Å². The highest BCUT2D eigenvalue weighted by molar-refractivity contribution is 7.11. The number of thiophene rings is 1. The summed E-state index contributed by atoms with van der Waals surface area (Å²) in [4.78, 5) is 37.8. The van der Waals surface area contributed by atoms with E-state index in [0.29, 0.717) is 31.1 Å². The van der Waals surface area contributed by atoms with E-state index in [4.69, 9.17) is 9.47 Å². The fourth-order valence-electron chi connectivity index (χ4n) is 4.02. The third kappa shape index (κ3) is 5.31. The number of hydrogen-bond acceptors (Lipinski definition) is 8. The number of hydrogen-bond donors (Lipinski definition) is 0. The van der Waals surface area contributed by atoms with Gasteiger partial charge in [0.15, 0.2) is 5.69 Å². The van der Waals surface area contributed by atoms with Crippen molar-refractivity contribution in [2.45, 2.75) is 51.5 Å². The Morgan fingerprint density at radius 2 is 2.06 bits per heavy atom. The first-order valence-electron chi connectivity index (χ1n) is 11.4. The van der Waals surface area contributed by atoms with E-state index in [2.05, 4.69) is 26.8 Å². The van der Waals surface area contributed by atoms with E-state index < -0.39 is 11.4 Å². The Morgan fingerprint density at radius 3 is 2.68 bits per heavy atom. The number of aryl methyl sites for hydroxylation is 2. The fourth-order valence-corrected chi connectivity index (χ4v) is 5.66. The second-order valence-corrected chi connectivity index (χ2v) is 10.4. The van der Waals surface area contributed by atoms with Crippen LogP contribution in [0.15, 0.2) is 35.2 Å². The van der Waals surface area contributed by atoms with E-state index in [9.17, 15) is 9.59 Å². The van der Waals surface area contributed by atoms with E-state index >= 15 is 0 Å². The van der Waals surface area contributed by atoms with Gasteiger partial charge in [0, 0.05) is 11.4 Å². The van der Waals surface area contributed by atoms with Crippen molar-refractivity contribution in [3.63, 3.8) is 0 Å². The molecule has 4 rings (SSSR count). The van der Waals surface area contributed by atoms with Crippen molar-refractivity contribution < 1.29 is 19.1 Å². The third-order valence-corrected chi connectivity index (χ3v) is 7.71. The zero-order valence-electron chi connectivity index (χ0n) is 19.7. The number of pyridine rings is 1. The molecule has 3 aromatic rings. The monoisotopic (exact) mass is 499 g/mol. The minimum absolute atomic E-state index is 0.0704. The highest BCUT2D eigenvalue weighted by Crippen LogP contribution is 2.49. The van der Waals surface area contributed by atoms with Gasteiger partial charge in [-0.15, -0.1) is 11.3 Å². The van der Waals surface area contributed by atoms with Gasteiger partial charge >= 0.3 is 5.97 Å². The van der Waals surface area contributed by atoms with Gasteiger partial charge in [-0.2, -0.15) is 11.3 Å². The van der Waals surface area contributed by atoms with Crippen molar-refractivity contribution in [1.82, 2.24) is 14.9 Å². The van der Waals surface area contributed by atoms with E-state index in [1.54, 1.807) is 31.6 Å². The second-order valence-electron chi connectivity index (χ2n) is 8.36. The van der Waals surface area contributed by atoms with E-state index in [1.807, 2.05) is 24.0 Å². The number of carbonyl (C=O) groups excluding carboxylic acids is 2. The quantitative estimate of drug-likeness (QED) is 0.353.